The molecular weight excluding hydrogens is 599 g/mol. The molecule has 0 atom stereocenters. The summed E-state index contributed by atoms with van der Waals surface area (Å²) in [6, 6.07) is 68.1. The van der Waals surface area contributed by atoms with Gasteiger partial charge in [0.25, 0.3) is 0 Å². The van der Waals surface area contributed by atoms with Gasteiger partial charge in [0.05, 0.1) is 5.69 Å². The minimum absolute atomic E-state index is 1.12. The molecule has 9 aromatic rings. The number of thiophene rings is 1. The molecule has 0 unspecified atom stereocenters. The lowest BCUT2D eigenvalue weighted by molar-refractivity contribution is 1.30. The molecule has 1 aromatic heterocycles. The lowest BCUT2D eigenvalue weighted by Crippen LogP contribution is -2.10. The van der Waals surface area contributed by atoms with Gasteiger partial charge in [-0.05, 0) is 87.3 Å². The third-order valence-electron chi connectivity index (χ3n) is 9.28. The second-order valence-corrected chi connectivity index (χ2v) is 13.2. The summed E-state index contributed by atoms with van der Waals surface area (Å²) < 4.78 is 2.63. The monoisotopic (exact) mass is 629 g/mol. The fraction of sp³-hybridized carbons (Fsp3) is 0. The minimum Gasteiger partial charge on any atom is -0.310 e. The summed E-state index contributed by atoms with van der Waals surface area (Å²) in [5.74, 6) is 0. The molecule has 48 heavy (non-hydrogen) atoms. The fourth-order valence-electron chi connectivity index (χ4n) is 6.92. The summed E-state index contributed by atoms with van der Waals surface area (Å²) in [6.45, 7) is 0. The topological polar surface area (TPSA) is 3.24 Å². The molecule has 2 heteroatoms. The highest BCUT2D eigenvalue weighted by atomic mass is 32.1. The second-order valence-electron chi connectivity index (χ2n) is 12.2. The first-order valence-electron chi connectivity index (χ1n) is 16.3. The smallest absolute Gasteiger partial charge is 0.0540 e. The van der Waals surface area contributed by atoms with E-state index in [1.807, 2.05) is 11.3 Å². The molecule has 0 aliphatic carbocycles. The molecular formula is C46H31NS. The van der Waals surface area contributed by atoms with Gasteiger partial charge in [-0.25, -0.2) is 0 Å². The number of hydrogen-bond donors (Lipinski definition) is 0. The molecule has 0 fully saturated rings. The molecule has 0 saturated heterocycles. The van der Waals surface area contributed by atoms with Crippen molar-refractivity contribution < 1.29 is 0 Å². The molecule has 0 bridgehead atoms. The Balaban J connectivity index is 1.19. The number of hydrogen-bond acceptors (Lipinski definition) is 2. The molecule has 0 amide bonds. The van der Waals surface area contributed by atoms with Crippen LogP contribution in [0.2, 0.25) is 0 Å². The van der Waals surface area contributed by atoms with E-state index in [1.54, 1.807) is 0 Å². The van der Waals surface area contributed by atoms with Crippen molar-refractivity contribution >= 4 is 59.3 Å². The van der Waals surface area contributed by atoms with Gasteiger partial charge in [0.1, 0.15) is 0 Å². The maximum Gasteiger partial charge on any atom is 0.0540 e. The highest BCUT2D eigenvalue weighted by Crippen LogP contribution is 2.44. The van der Waals surface area contributed by atoms with E-state index in [-0.39, 0.29) is 0 Å². The second kappa shape index (κ2) is 12.0. The predicted octanol–water partition coefficient (Wildman–Crippen LogP) is 13.7. The van der Waals surface area contributed by atoms with Gasteiger partial charge >= 0.3 is 0 Å². The van der Waals surface area contributed by atoms with E-state index in [0.717, 1.165) is 17.1 Å². The van der Waals surface area contributed by atoms with Crippen molar-refractivity contribution in [2.75, 3.05) is 4.90 Å². The molecule has 0 aliphatic rings. The van der Waals surface area contributed by atoms with E-state index in [4.69, 9.17) is 0 Å². The number of anilines is 3. The van der Waals surface area contributed by atoms with Crippen molar-refractivity contribution in [2.24, 2.45) is 0 Å². The van der Waals surface area contributed by atoms with Crippen molar-refractivity contribution in [3.8, 4) is 33.4 Å². The molecule has 0 aliphatic heterocycles. The SMILES string of the molecule is c1ccc(-c2ccc(N(c3ccc(-c4cc5sc6ccccc6c5cc4-c4ccccc4)cc3)c3cccc4ccccc34)cc2)cc1. The molecule has 226 valence electrons. The zero-order valence-electron chi connectivity index (χ0n) is 26.3. The normalized spacial score (nSPS) is 11.3. The molecule has 0 radical (unpaired) electrons. The molecule has 0 saturated carbocycles. The van der Waals surface area contributed by atoms with Crippen molar-refractivity contribution in [3.05, 3.63) is 188 Å². The van der Waals surface area contributed by atoms with E-state index in [0.29, 0.717) is 0 Å². The maximum absolute atomic E-state index is 2.39. The van der Waals surface area contributed by atoms with Gasteiger partial charge in [0, 0.05) is 36.9 Å². The molecule has 1 nitrogen and oxygen atoms in total. The van der Waals surface area contributed by atoms with E-state index in [2.05, 4.69) is 193 Å². The van der Waals surface area contributed by atoms with Crippen LogP contribution in [0, 0.1) is 0 Å². The Bertz CT molecular complexity index is 2530. The molecule has 1 heterocycles. The number of fused-ring (bicyclic) bond motifs is 4. The van der Waals surface area contributed by atoms with Gasteiger partial charge in [-0.15, -0.1) is 11.3 Å². The summed E-state index contributed by atoms with van der Waals surface area (Å²) in [5.41, 5.74) is 10.7. The van der Waals surface area contributed by atoms with Crippen LogP contribution in [0.25, 0.3) is 64.3 Å². The lowest BCUT2D eigenvalue weighted by Gasteiger charge is -2.27. The lowest BCUT2D eigenvalue weighted by atomic mass is 9.92. The van der Waals surface area contributed by atoms with Gasteiger partial charge in [-0.3, -0.25) is 0 Å². The van der Waals surface area contributed by atoms with Crippen LogP contribution in [0.15, 0.2) is 188 Å². The van der Waals surface area contributed by atoms with Crippen molar-refractivity contribution in [2.45, 2.75) is 0 Å². The Labute approximate surface area is 284 Å². The van der Waals surface area contributed by atoms with Gasteiger partial charge in [0.2, 0.25) is 0 Å². The third-order valence-corrected chi connectivity index (χ3v) is 10.4. The summed E-state index contributed by atoms with van der Waals surface area (Å²) in [5, 5.41) is 5.08. The quantitative estimate of drug-likeness (QED) is 0.177. The Morgan fingerprint density at radius 2 is 0.854 bits per heavy atom. The van der Waals surface area contributed by atoms with Crippen molar-refractivity contribution in [1.82, 2.24) is 0 Å². The Morgan fingerprint density at radius 3 is 1.58 bits per heavy atom. The summed E-state index contributed by atoms with van der Waals surface area (Å²) in [4.78, 5) is 2.38. The van der Waals surface area contributed by atoms with Crippen LogP contribution in [-0.2, 0) is 0 Å². The third kappa shape index (κ3) is 5.04. The van der Waals surface area contributed by atoms with Gasteiger partial charge in [-0.2, -0.15) is 0 Å². The number of nitrogens with zero attached hydrogens (tertiary/aromatic N) is 1. The number of rotatable bonds is 6. The van der Waals surface area contributed by atoms with Crippen molar-refractivity contribution in [3.63, 3.8) is 0 Å². The largest absolute Gasteiger partial charge is 0.310 e. The Kier molecular flexibility index (Phi) is 7.07. The van der Waals surface area contributed by atoms with Gasteiger partial charge in [0.15, 0.2) is 0 Å². The molecule has 8 aromatic carbocycles. The first-order valence-corrected chi connectivity index (χ1v) is 17.2. The average molecular weight is 630 g/mol. The van der Waals surface area contributed by atoms with Crippen LogP contribution in [0.4, 0.5) is 17.1 Å². The fourth-order valence-corrected chi connectivity index (χ4v) is 8.05. The predicted molar refractivity (Wildman–Crippen MR) is 208 cm³/mol. The van der Waals surface area contributed by atoms with E-state index >= 15 is 0 Å². The average Bonchev–Trinajstić information content (AvgIpc) is 3.53. The van der Waals surface area contributed by atoms with Crippen LogP contribution in [0.3, 0.4) is 0 Å². The minimum atomic E-state index is 1.12. The van der Waals surface area contributed by atoms with Gasteiger partial charge in [-0.1, -0.05) is 140 Å². The maximum atomic E-state index is 2.39. The van der Waals surface area contributed by atoms with Crippen LogP contribution in [0.5, 0.6) is 0 Å². The van der Waals surface area contributed by atoms with Crippen LogP contribution >= 0.6 is 11.3 Å². The molecule has 9 rings (SSSR count). The van der Waals surface area contributed by atoms with Crippen LogP contribution < -0.4 is 4.90 Å². The Hall–Kier alpha value is -5.96. The van der Waals surface area contributed by atoms with Crippen LogP contribution in [-0.4, -0.2) is 0 Å². The first-order chi connectivity index (χ1) is 23.8. The Morgan fingerprint density at radius 1 is 0.333 bits per heavy atom. The standard InChI is InChI=1S/C46H31NS/c1-3-12-32(13-4-1)33-22-26-37(27-23-33)47(44-20-11-17-34-16-7-8-18-39(34)44)38-28-24-36(25-29-38)42-31-46-43(40-19-9-10-21-45(40)48-46)30-41(42)35-14-5-2-6-15-35/h1-31H. The summed E-state index contributed by atoms with van der Waals surface area (Å²) in [7, 11) is 0. The highest BCUT2D eigenvalue weighted by molar-refractivity contribution is 7.25. The zero-order valence-corrected chi connectivity index (χ0v) is 27.1. The van der Waals surface area contributed by atoms with Crippen LogP contribution in [0.1, 0.15) is 0 Å². The molecule has 0 N–H and O–H groups in total. The van der Waals surface area contributed by atoms with E-state index < -0.39 is 0 Å². The van der Waals surface area contributed by atoms with Crippen molar-refractivity contribution in [1.29, 1.82) is 0 Å². The zero-order chi connectivity index (χ0) is 31.9. The summed E-state index contributed by atoms with van der Waals surface area (Å²) in [6.07, 6.45) is 0. The van der Waals surface area contributed by atoms with E-state index in [9.17, 15) is 0 Å². The van der Waals surface area contributed by atoms with E-state index in [1.165, 1.54) is 64.3 Å². The highest BCUT2D eigenvalue weighted by Gasteiger charge is 2.17. The molecule has 0 spiro atoms. The van der Waals surface area contributed by atoms with Gasteiger partial charge < -0.3 is 4.90 Å². The first kappa shape index (κ1) is 28.3. The number of benzene rings is 8. The summed E-state index contributed by atoms with van der Waals surface area (Å²) >= 11 is 1.87.